The molecule has 0 radical (unpaired) electrons. The Morgan fingerprint density at radius 1 is 1.09 bits per heavy atom. The summed E-state index contributed by atoms with van der Waals surface area (Å²) in [6.45, 7) is 9.32. The van der Waals surface area contributed by atoms with Crippen LogP contribution >= 0.6 is 0 Å². The monoisotopic (exact) mass is 662 g/mol. The Balaban J connectivity index is 0.000000353. The van der Waals surface area contributed by atoms with Crippen molar-refractivity contribution in [2.45, 2.75) is 65.7 Å². The number of halogens is 4. The van der Waals surface area contributed by atoms with Crippen molar-refractivity contribution in [1.82, 2.24) is 20.1 Å². The maximum atomic E-state index is 14.7. The molecule has 0 saturated carbocycles. The first-order valence-electron chi connectivity index (χ1n) is 15.0. The Bertz CT molecular complexity index is 1600. The lowest BCUT2D eigenvalue weighted by molar-refractivity contribution is -0.140. The van der Waals surface area contributed by atoms with E-state index in [1.807, 2.05) is 25.9 Å². The SMILES string of the molecule is CCCCNC(=O)c1cccn(CCN(C)C)c1=O.Cc1cc(C)c(-c2cc(C(CC(=O)O)NC=O)c(F)c(C(F)(F)F)c2)c(C)c1. The van der Waals surface area contributed by atoms with Crippen molar-refractivity contribution in [2.75, 3.05) is 27.2 Å². The number of carbonyl (C=O) groups excluding carboxylic acids is 2. The number of amides is 2. The Morgan fingerprint density at radius 3 is 2.26 bits per heavy atom. The molecule has 2 amide bonds. The van der Waals surface area contributed by atoms with Crippen LogP contribution < -0.4 is 16.2 Å². The number of carboxylic acids is 1. The van der Waals surface area contributed by atoms with Gasteiger partial charge in [0.2, 0.25) is 6.41 Å². The number of carboxylic acid groups (broad SMARTS) is 1. The van der Waals surface area contributed by atoms with Gasteiger partial charge in [-0.3, -0.25) is 19.2 Å². The molecule has 2 aromatic carbocycles. The lowest BCUT2D eigenvalue weighted by Crippen LogP contribution is -2.34. The molecule has 1 aromatic heterocycles. The van der Waals surface area contributed by atoms with Gasteiger partial charge in [0.15, 0.2) is 0 Å². The van der Waals surface area contributed by atoms with Crippen LogP contribution in [-0.2, 0) is 22.3 Å². The number of hydrogen-bond donors (Lipinski definition) is 3. The lowest BCUT2D eigenvalue weighted by Gasteiger charge is -2.21. The molecule has 0 aliphatic carbocycles. The van der Waals surface area contributed by atoms with Crippen LogP contribution in [0.2, 0.25) is 0 Å². The molecule has 1 unspecified atom stereocenters. The smallest absolute Gasteiger partial charge is 0.419 e. The molecule has 0 bridgehead atoms. The minimum absolute atomic E-state index is 0.0989. The van der Waals surface area contributed by atoms with Gasteiger partial charge >= 0.3 is 12.1 Å². The Morgan fingerprint density at radius 2 is 1.72 bits per heavy atom. The predicted molar refractivity (Wildman–Crippen MR) is 172 cm³/mol. The van der Waals surface area contributed by atoms with Crippen LogP contribution in [0.4, 0.5) is 17.6 Å². The van der Waals surface area contributed by atoms with E-state index in [4.69, 9.17) is 5.11 Å². The highest BCUT2D eigenvalue weighted by molar-refractivity contribution is 5.93. The highest BCUT2D eigenvalue weighted by atomic mass is 19.4. The summed E-state index contributed by atoms with van der Waals surface area (Å²) >= 11 is 0. The number of aliphatic carboxylic acids is 1. The quantitative estimate of drug-likeness (QED) is 0.124. The van der Waals surface area contributed by atoms with E-state index < -0.39 is 41.6 Å². The summed E-state index contributed by atoms with van der Waals surface area (Å²) in [6, 6.07) is 7.33. The Labute approximate surface area is 271 Å². The van der Waals surface area contributed by atoms with Gasteiger partial charge in [0, 0.05) is 31.4 Å². The van der Waals surface area contributed by atoms with Crippen LogP contribution in [0.5, 0.6) is 0 Å². The molecule has 0 fully saturated rings. The third kappa shape index (κ3) is 11.1. The lowest BCUT2D eigenvalue weighted by atomic mass is 9.89. The van der Waals surface area contributed by atoms with E-state index in [0.717, 1.165) is 24.9 Å². The fourth-order valence-electron chi connectivity index (χ4n) is 5.07. The second kappa shape index (κ2) is 17.4. The molecule has 0 saturated heterocycles. The molecule has 0 aliphatic heterocycles. The second-order valence-electron chi connectivity index (χ2n) is 11.5. The molecule has 0 aliphatic rings. The number of rotatable bonds is 13. The van der Waals surface area contributed by atoms with Crippen LogP contribution in [0, 0.1) is 26.6 Å². The van der Waals surface area contributed by atoms with E-state index in [0.29, 0.717) is 35.8 Å². The molecule has 13 heteroatoms. The van der Waals surface area contributed by atoms with Gasteiger partial charge in [-0.05, 0) is 87.8 Å². The third-order valence-electron chi connectivity index (χ3n) is 7.26. The Kier molecular flexibility index (Phi) is 14.3. The number of unbranched alkanes of at least 4 members (excludes halogenated alkanes) is 1. The number of benzene rings is 2. The van der Waals surface area contributed by atoms with E-state index in [9.17, 15) is 36.7 Å². The first-order valence-corrected chi connectivity index (χ1v) is 15.0. The molecule has 3 N–H and O–H groups in total. The van der Waals surface area contributed by atoms with Crippen molar-refractivity contribution in [3.05, 3.63) is 92.1 Å². The van der Waals surface area contributed by atoms with Crippen molar-refractivity contribution in [1.29, 1.82) is 0 Å². The van der Waals surface area contributed by atoms with E-state index in [1.54, 1.807) is 48.9 Å². The molecule has 9 nitrogen and oxygen atoms in total. The summed E-state index contributed by atoms with van der Waals surface area (Å²) in [7, 11) is 3.90. The summed E-state index contributed by atoms with van der Waals surface area (Å²) in [5.74, 6) is -3.27. The van der Waals surface area contributed by atoms with Crippen molar-refractivity contribution in [3.8, 4) is 11.1 Å². The van der Waals surface area contributed by atoms with Crippen LogP contribution in [0.25, 0.3) is 11.1 Å². The van der Waals surface area contributed by atoms with Crippen molar-refractivity contribution >= 4 is 18.3 Å². The zero-order valence-corrected chi connectivity index (χ0v) is 27.4. The fourth-order valence-corrected chi connectivity index (χ4v) is 5.07. The molecule has 3 aromatic rings. The average Bonchev–Trinajstić information content (AvgIpc) is 2.96. The van der Waals surface area contributed by atoms with E-state index >= 15 is 0 Å². The molecule has 47 heavy (non-hydrogen) atoms. The first-order chi connectivity index (χ1) is 22.0. The number of nitrogens with one attached hydrogen (secondary N) is 2. The maximum Gasteiger partial charge on any atom is 0.419 e. The van der Waals surface area contributed by atoms with E-state index in [2.05, 4.69) is 17.6 Å². The fraction of sp³-hybridized carbons (Fsp3) is 0.412. The van der Waals surface area contributed by atoms with Crippen LogP contribution in [0.3, 0.4) is 0 Å². The Hall–Kier alpha value is -4.52. The number of likely N-dealkylation sites (N-methyl/N-ethyl adjacent to an activating group) is 1. The molecule has 0 spiro atoms. The molecule has 1 atom stereocenters. The molecular weight excluding hydrogens is 620 g/mol. The van der Waals surface area contributed by atoms with Crippen molar-refractivity contribution in [2.24, 2.45) is 0 Å². The van der Waals surface area contributed by atoms with Gasteiger partial charge in [-0.1, -0.05) is 31.0 Å². The standard InChI is InChI=1S/C20H19F4NO3.C14H23N3O2/c1-10-4-11(2)18(12(3)5-10)13-6-14(16(25-9-26)8-17(27)28)19(21)15(7-13)20(22,23)24;1-4-5-8-15-13(18)12-7-6-9-17(14(12)19)11-10-16(2)3/h4-7,9,16H,8H2,1-3H3,(H,25,26)(H,27,28);6-7,9H,4-5,8,10-11H2,1-3H3,(H,15,18). The van der Waals surface area contributed by atoms with Gasteiger partial charge in [-0.2, -0.15) is 13.2 Å². The predicted octanol–water partition coefficient (Wildman–Crippen LogP) is 5.64. The topological polar surface area (TPSA) is 121 Å². The summed E-state index contributed by atoms with van der Waals surface area (Å²) in [5.41, 5.74) is 0.863. The van der Waals surface area contributed by atoms with Gasteiger partial charge in [0.1, 0.15) is 11.4 Å². The van der Waals surface area contributed by atoms with Crippen LogP contribution in [-0.4, -0.2) is 60.0 Å². The number of alkyl halides is 3. The average molecular weight is 663 g/mol. The van der Waals surface area contributed by atoms with Gasteiger partial charge in [0.05, 0.1) is 18.0 Å². The number of pyridine rings is 1. The number of aryl methyl sites for hydroxylation is 3. The number of nitrogens with zero attached hydrogens (tertiary/aromatic N) is 2. The van der Waals surface area contributed by atoms with E-state index in [1.165, 1.54) is 6.07 Å². The number of carbonyl (C=O) groups is 3. The maximum absolute atomic E-state index is 14.7. The number of hydrogen-bond acceptors (Lipinski definition) is 5. The summed E-state index contributed by atoms with van der Waals surface area (Å²) in [6.07, 6.45) is -1.96. The summed E-state index contributed by atoms with van der Waals surface area (Å²) in [5, 5.41) is 13.9. The van der Waals surface area contributed by atoms with E-state index in [-0.39, 0.29) is 29.0 Å². The zero-order valence-electron chi connectivity index (χ0n) is 27.4. The summed E-state index contributed by atoms with van der Waals surface area (Å²) in [4.78, 5) is 47.9. The van der Waals surface area contributed by atoms with Crippen LogP contribution in [0.15, 0.2) is 47.4 Å². The minimum atomic E-state index is -4.99. The van der Waals surface area contributed by atoms with Crippen molar-refractivity contribution < 1.29 is 37.1 Å². The van der Waals surface area contributed by atoms with Gasteiger partial charge in [0.25, 0.3) is 11.5 Å². The van der Waals surface area contributed by atoms with Gasteiger partial charge < -0.3 is 25.2 Å². The molecule has 256 valence electrons. The van der Waals surface area contributed by atoms with Gasteiger partial charge in [-0.25, -0.2) is 4.39 Å². The number of aromatic nitrogens is 1. The molecule has 1 heterocycles. The van der Waals surface area contributed by atoms with Gasteiger partial charge in [-0.15, -0.1) is 0 Å². The molecule has 3 rings (SSSR count). The second-order valence-corrected chi connectivity index (χ2v) is 11.5. The minimum Gasteiger partial charge on any atom is -0.481 e. The summed E-state index contributed by atoms with van der Waals surface area (Å²) < 4.78 is 56.6. The highest BCUT2D eigenvalue weighted by Gasteiger charge is 2.37. The highest BCUT2D eigenvalue weighted by Crippen LogP contribution is 2.39. The zero-order chi connectivity index (χ0) is 35.5. The van der Waals surface area contributed by atoms with Crippen LogP contribution in [0.1, 0.15) is 70.4 Å². The third-order valence-corrected chi connectivity index (χ3v) is 7.26. The molecular formula is C34H42F4N4O5. The largest absolute Gasteiger partial charge is 0.481 e. The normalized spacial score (nSPS) is 11.8. The first kappa shape index (κ1) is 38.7. The van der Waals surface area contributed by atoms with Crippen molar-refractivity contribution in [3.63, 3.8) is 0 Å².